The molecule has 0 atom stereocenters. The number of anilines is 5. The Morgan fingerprint density at radius 2 is 1.81 bits per heavy atom. The van der Waals surface area contributed by atoms with E-state index in [2.05, 4.69) is 35.4 Å². The lowest BCUT2D eigenvalue weighted by Gasteiger charge is -2.17. The molecular weight excluding hydrogens is 438 g/mol. The van der Waals surface area contributed by atoms with Crippen molar-refractivity contribution < 1.29 is 13.2 Å². The van der Waals surface area contributed by atoms with Crippen molar-refractivity contribution in [2.24, 2.45) is 0 Å². The Kier molecular flexibility index (Phi) is 6.00. The molecule has 0 unspecified atom stereocenters. The van der Waals surface area contributed by atoms with Crippen molar-refractivity contribution in [2.75, 3.05) is 33.3 Å². The highest BCUT2D eigenvalue weighted by atomic mass is 32.2. The Labute approximate surface area is 183 Å². The van der Waals surface area contributed by atoms with Gasteiger partial charge in [-0.05, 0) is 37.1 Å². The predicted octanol–water partition coefficient (Wildman–Crippen LogP) is 3.04. The van der Waals surface area contributed by atoms with Crippen LogP contribution in [0.25, 0.3) is 0 Å². The summed E-state index contributed by atoms with van der Waals surface area (Å²) >= 11 is 0.879. The lowest BCUT2D eigenvalue weighted by molar-refractivity contribution is -0.114. The molecule has 162 valence electrons. The number of aromatic nitrogens is 3. The van der Waals surface area contributed by atoms with Crippen LogP contribution in [0.1, 0.15) is 19.8 Å². The van der Waals surface area contributed by atoms with Gasteiger partial charge in [0.05, 0.1) is 18.1 Å². The summed E-state index contributed by atoms with van der Waals surface area (Å²) in [4.78, 5) is 17.3. The van der Waals surface area contributed by atoms with E-state index in [-0.39, 0.29) is 15.2 Å². The third-order valence-corrected chi connectivity index (χ3v) is 7.31. The molecule has 10 nitrogen and oxygen atoms in total. The number of hydrogen-bond donors (Lipinski definition) is 3. The molecule has 1 aliphatic rings. The van der Waals surface area contributed by atoms with E-state index in [9.17, 15) is 13.2 Å². The first-order chi connectivity index (χ1) is 14.9. The van der Waals surface area contributed by atoms with Crippen LogP contribution in [0.15, 0.2) is 46.9 Å². The number of sulfonamides is 1. The summed E-state index contributed by atoms with van der Waals surface area (Å²) in [5.74, 6) is 0.304. The van der Waals surface area contributed by atoms with Crippen molar-refractivity contribution >= 4 is 55.3 Å². The van der Waals surface area contributed by atoms with E-state index in [1.54, 1.807) is 30.5 Å². The maximum Gasteiger partial charge on any atom is 0.273 e. The molecular formula is C19H21N7O3S2. The molecule has 1 fully saturated rings. The standard InChI is InChI=1S/C19H21N7O3S2/c1-13(27)22-19-20-12-18(30-19)31(28,29)25-15-6-4-14(5-7-15)23-17-10-16(11-21-24-17)26-8-2-3-9-26/h4-7,10-12,25H,2-3,8-9H2,1H3,(H,23,24)(H,20,22,27). The van der Waals surface area contributed by atoms with Gasteiger partial charge in [0.2, 0.25) is 5.91 Å². The molecule has 0 bridgehead atoms. The zero-order chi connectivity index (χ0) is 21.8. The Balaban J connectivity index is 1.42. The number of nitrogens with one attached hydrogen (secondary N) is 3. The van der Waals surface area contributed by atoms with Gasteiger partial charge in [0, 0.05) is 37.5 Å². The Hall–Kier alpha value is -3.25. The summed E-state index contributed by atoms with van der Waals surface area (Å²) < 4.78 is 27.6. The van der Waals surface area contributed by atoms with Crippen molar-refractivity contribution in [3.05, 3.63) is 42.7 Å². The molecule has 4 rings (SSSR count). The van der Waals surface area contributed by atoms with Crippen LogP contribution in [0, 0.1) is 0 Å². The number of carbonyl (C=O) groups is 1. The van der Waals surface area contributed by atoms with E-state index < -0.39 is 10.0 Å². The Bertz CT molecular complexity index is 1170. The SMILES string of the molecule is CC(=O)Nc1ncc(S(=O)(=O)Nc2ccc(Nc3cc(N4CCCC4)cnn3)cc2)s1. The Morgan fingerprint density at radius 3 is 2.52 bits per heavy atom. The second-order valence-corrected chi connectivity index (χ2v) is 9.91. The number of amides is 1. The zero-order valence-electron chi connectivity index (χ0n) is 16.7. The molecule has 31 heavy (non-hydrogen) atoms. The molecule has 1 aromatic carbocycles. The molecule has 0 aliphatic carbocycles. The summed E-state index contributed by atoms with van der Waals surface area (Å²) in [5, 5.41) is 14.1. The van der Waals surface area contributed by atoms with Gasteiger partial charge < -0.3 is 15.5 Å². The molecule has 1 aliphatic heterocycles. The average molecular weight is 460 g/mol. The van der Waals surface area contributed by atoms with Crippen LogP contribution < -0.4 is 20.3 Å². The monoisotopic (exact) mass is 459 g/mol. The van der Waals surface area contributed by atoms with Crippen LogP contribution in [0.2, 0.25) is 0 Å². The molecule has 2 aromatic heterocycles. The highest BCUT2D eigenvalue weighted by Gasteiger charge is 2.19. The minimum Gasteiger partial charge on any atom is -0.370 e. The normalized spacial score (nSPS) is 13.8. The van der Waals surface area contributed by atoms with Crippen LogP contribution in [0.5, 0.6) is 0 Å². The van der Waals surface area contributed by atoms with Crippen LogP contribution in [-0.4, -0.2) is 42.6 Å². The maximum atomic E-state index is 12.5. The van der Waals surface area contributed by atoms with E-state index in [1.165, 1.54) is 26.0 Å². The number of thiazole rings is 1. The fourth-order valence-electron chi connectivity index (χ4n) is 3.13. The van der Waals surface area contributed by atoms with Crippen LogP contribution in [-0.2, 0) is 14.8 Å². The van der Waals surface area contributed by atoms with E-state index in [0.29, 0.717) is 11.5 Å². The fraction of sp³-hybridized carbons (Fsp3) is 0.263. The van der Waals surface area contributed by atoms with Crippen LogP contribution >= 0.6 is 11.3 Å². The Morgan fingerprint density at radius 1 is 1.10 bits per heavy atom. The minimum absolute atomic E-state index is 0.00690. The van der Waals surface area contributed by atoms with Gasteiger partial charge in [-0.15, -0.1) is 5.10 Å². The van der Waals surface area contributed by atoms with Crippen molar-refractivity contribution in [2.45, 2.75) is 24.0 Å². The molecule has 3 N–H and O–H groups in total. The van der Waals surface area contributed by atoms with Gasteiger partial charge in [-0.3, -0.25) is 9.52 Å². The largest absolute Gasteiger partial charge is 0.370 e. The average Bonchev–Trinajstić information content (AvgIpc) is 3.42. The molecule has 1 amide bonds. The molecule has 0 spiro atoms. The fourth-order valence-corrected chi connectivity index (χ4v) is 5.27. The van der Waals surface area contributed by atoms with Crippen molar-refractivity contribution in [3.63, 3.8) is 0 Å². The summed E-state index contributed by atoms with van der Waals surface area (Å²) in [6, 6.07) is 8.74. The number of rotatable bonds is 7. The van der Waals surface area contributed by atoms with Gasteiger partial charge in [0.1, 0.15) is 0 Å². The summed E-state index contributed by atoms with van der Waals surface area (Å²) in [6.45, 7) is 3.37. The van der Waals surface area contributed by atoms with Crippen LogP contribution in [0.3, 0.4) is 0 Å². The third kappa shape index (κ3) is 5.27. The second-order valence-electron chi connectivity index (χ2n) is 6.97. The molecule has 12 heteroatoms. The van der Waals surface area contributed by atoms with E-state index in [0.717, 1.165) is 35.8 Å². The van der Waals surface area contributed by atoms with E-state index in [1.807, 2.05) is 6.07 Å². The number of carbonyl (C=O) groups excluding carboxylic acids is 1. The summed E-state index contributed by atoms with van der Waals surface area (Å²) in [5.41, 5.74) is 2.18. The minimum atomic E-state index is -3.81. The molecule has 0 saturated carbocycles. The zero-order valence-corrected chi connectivity index (χ0v) is 18.3. The van der Waals surface area contributed by atoms with Crippen LogP contribution in [0.4, 0.5) is 28.0 Å². The second kappa shape index (κ2) is 8.86. The predicted molar refractivity (Wildman–Crippen MR) is 120 cm³/mol. The van der Waals surface area contributed by atoms with Gasteiger partial charge in [-0.25, -0.2) is 13.4 Å². The highest BCUT2D eigenvalue weighted by Crippen LogP contribution is 2.27. The molecule has 3 heterocycles. The molecule has 1 saturated heterocycles. The van der Waals surface area contributed by atoms with Crippen molar-refractivity contribution in [1.82, 2.24) is 15.2 Å². The van der Waals surface area contributed by atoms with Crippen molar-refractivity contribution in [1.29, 1.82) is 0 Å². The van der Waals surface area contributed by atoms with Gasteiger partial charge >= 0.3 is 0 Å². The lowest BCUT2D eigenvalue weighted by Crippen LogP contribution is -2.18. The molecule has 0 radical (unpaired) electrons. The van der Waals surface area contributed by atoms with Gasteiger partial charge in [0.15, 0.2) is 15.2 Å². The first-order valence-corrected chi connectivity index (χ1v) is 11.9. The smallest absolute Gasteiger partial charge is 0.273 e. The summed E-state index contributed by atoms with van der Waals surface area (Å²) in [6.07, 6.45) is 5.32. The quantitative estimate of drug-likeness (QED) is 0.492. The van der Waals surface area contributed by atoms with Crippen molar-refractivity contribution in [3.8, 4) is 0 Å². The lowest BCUT2D eigenvalue weighted by atomic mass is 10.3. The van der Waals surface area contributed by atoms with E-state index >= 15 is 0 Å². The number of nitrogens with zero attached hydrogens (tertiary/aromatic N) is 4. The number of hydrogen-bond acceptors (Lipinski definition) is 9. The first kappa shape index (κ1) is 21.0. The third-order valence-electron chi connectivity index (χ3n) is 4.55. The maximum absolute atomic E-state index is 12.5. The van der Waals surface area contributed by atoms with E-state index in [4.69, 9.17) is 0 Å². The van der Waals surface area contributed by atoms with Gasteiger partial charge in [-0.2, -0.15) is 5.10 Å². The van der Waals surface area contributed by atoms with Gasteiger partial charge in [-0.1, -0.05) is 11.3 Å². The number of benzene rings is 1. The highest BCUT2D eigenvalue weighted by molar-refractivity contribution is 7.94. The summed E-state index contributed by atoms with van der Waals surface area (Å²) in [7, 11) is -3.81. The topological polar surface area (TPSA) is 129 Å². The molecule has 3 aromatic rings. The van der Waals surface area contributed by atoms with Gasteiger partial charge in [0.25, 0.3) is 10.0 Å². The first-order valence-electron chi connectivity index (χ1n) is 9.60.